The molecule has 0 aliphatic rings. The molecule has 0 aromatic rings. The van der Waals surface area contributed by atoms with E-state index in [0.717, 1.165) is 11.3 Å². The minimum Gasteiger partial charge on any atom is -0.497 e. The predicted molar refractivity (Wildman–Crippen MR) is 66.1 cm³/mol. The van der Waals surface area contributed by atoms with Gasteiger partial charge in [0.15, 0.2) is 0 Å². The van der Waals surface area contributed by atoms with Gasteiger partial charge in [0, 0.05) is 0 Å². The van der Waals surface area contributed by atoms with Gasteiger partial charge < -0.3 is 4.74 Å². The van der Waals surface area contributed by atoms with Crippen molar-refractivity contribution in [1.82, 2.24) is 0 Å². The Morgan fingerprint density at radius 1 is 1.23 bits per heavy atom. The molecule has 0 saturated heterocycles. The molecular formula is C11H24OS. The quantitative estimate of drug-likeness (QED) is 0.495. The van der Waals surface area contributed by atoms with Crippen LogP contribution in [0.1, 0.15) is 34.6 Å². The van der Waals surface area contributed by atoms with E-state index < -0.39 is 0 Å². The van der Waals surface area contributed by atoms with E-state index in [1.54, 1.807) is 18.9 Å². The smallest absolute Gasteiger partial charge is 0.115 e. The van der Waals surface area contributed by atoms with Gasteiger partial charge in [-0.05, 0) is 24.2 Å². The average molecular weight is 204 g/mol. The molecule has 0 aromatic carbocycles. The van der Waals surface area contributed by atoms with Crippen molar-refractivity contribution in [2.45, 2.75) is 34.6 Å². The SMILES string of the molecule is C=C(OC)/C(C)=C\SC.CC.CC. The molecule has 0 fully saturated rings. The molecule has 0 aliphatic heterocycles. The minimum absolute atomic E-state index is 0.740. The van der Waals surface area contributed by atoms with Gasteiger partial charge in [-0.2, -0.15) is 0 Å². The highest BCUT2D eigenvalue weighted by molar-refractivity contribution is 8.01. The summed E-state index contributed by atoms with van der Waals surface area (Å²) in [5, 5.41) is 2.01. The standard InChI is InChI=1S/C7H12OS.2C2H6/c1-6(5-9-4)7(2)8-3;2*1-2/h5H,2H2,1,3-4H3;2*1-2H3/b6-5-;;. The summed E-state index contributed by atoms with van der Waals surface area (Å²) in [4.78, 5) is 0. The first kappa shape index (κ1) is 18.4. The van der Waals surface area contributed by atoms with Crippen LogP contribution in [-0.2, 0) is 4.74 Å². The van der Waals surface area contributed by atoms with E-state index >= 15 is 0 Å². The van der Waals surface area contributed by atoms with Crippen molar-refractivity contribution in [3.8, 4) is 0 Å². The van der Waals surface area contributed by atoms with E-state index in [9.17, 15) is 0 Å². The van der Waals surface area contributed by atoms with E-state index in [2.05, 4.69) is 6.58 Å². The van der Waals surface area contributed by atoms with E-state index in [1.165, 1.54) is 0 Å². The third-order valence-corrected chi connectivity index (χ3v) is 1.57. The number of hydrogen-bond acceptors (Lipinski definition) is 2. The van der Waals surface area contributed by atoms with E-state index in [0.29, 0.717) is 0 Å². The second-order valence-electron chi connectivity index (χ2n) is 1.66. The Morgan fingerprint density at radius 2 is 1.62 bits per heavy atom. The summed E-state index contributed by atoms with van der Waals surface area (Å²) >= 11 is 1.65. The van der Waals surface area contributed by atoms with Gasteiger partial charge in [0.2, 0.25) is 0 Å². The van der Waals surface area contributed by atoms with E-state index in [4.69, 9.17) is 4.74 Å². The Hall–Kier alpha value is -0.370. The Morgan fingerprint density at radius 3 is 1.85 bits per heavy atom. The molecule has 0 unspecified atom stereocenters. The fourth-order valence-electron chi connectivity index (χ4n) is 0.403. The maximum absolute atomic E-state index is 4.89. The number of methoxy groups -OCH3 is 1. The van der Waals surface area contributed by atoms with Crippen molar-refractivity contribution in [2.24, 2.45) is 0 Å². The number of allylic oxidation sites excluding steroid dienone is 1. The largest absolute Gasteiger partial charge is 0.497 e. The molecule has 1 nitrogen and oxygen atoms in total. The molecule has 0 aromatic heterocycles. The summed E-state index contributed by atoms with van der Waals surface area (Å²) in [5.74, 6) is 0.740. The number of thioether (sulfide) groups is 1. The van der Waals surface area contributed by atoms with Crippen LogP contribution in [0.4, 0.5) is 0 Å². The van der Waals surface area contributed by atoms with Gasteiger partial charge in [0.05, 0.1) is 7.11 Å². The highest BCUT2D eigenvalue weighted by Gasteiger charge is 1.91. The average Bonchev–Trinajstić information content (AvgIpc) is 2.23. The molecule has 0 spiro atoms. The molecule has 0 radical (unpaired) electrons. The first-order chi connectivity index (χ1) is 6.22. The second kappa shape index (κ2) is 17.6. The highest BCUT2D eigenvalue weighted by atomic mass is 32.2. The molecule has 13 heavy (non-hydrogen) atoms. The number of hydrogen-bond donors (Lipinski definition) is 0. The van der Waals surface area contributed by atoms with Crippen molar-refractivity contribution in [3.63, 3.8) is 0 Å². The molecule has 80 valence electrons. The van der Waals surface area contributed by atoms with Crippen LogP contribution in [0.25, 0.3) is 0 Å². The molecule has 0 heterocycles. The van der Waals surface area contributed by atoms with Crippen molar-refractivity contribution in [1.29, 1.82) is 0 Å². The zero-order valence-electron chi connectivity index (χ0n) is 10.1. The Balaban J connectivity index is -0.000000218. The maximum Gasteiger partial charge on any atom is 0.115 e. The van der Waals surface area contributed by atoms with Gasteiger partial charge in [-0.3, -0.25) is 0 Å². The van der Waals surface area contributed by atoms with E-state index in [-0.39, 0.29) is 0 Å². The summed E-state index contributed by atoms with van der Waals surface area (Å²) in [6.07, 6.45) is 2.01. The molecular weight excluding hydrogens is 180 g/mol. The summed E-state index contributed by atoms with van der Waals surface area (Å²) in [5.41, 5.74) is 1.09. The van der Waals surface area contributed by atoms with Crippen LogP contribution in [0, 0.1) is 0 Å². The van der Waals surface area contributed by atoms with Gasteiger partial charge in [-0.25, -0.2) is 0 Å². The minimum atomic E-state index is 0.740. The third-order valence-electron chi connectivity index (χ3n) is 0.981. The molecule has 2 heteroatoms. The normalized spacial score (nSPS) is 8.69. The van der Waals surface area contributed by atoms with Gasteiger partial charge in [-0.1, -0.05) is 34.3 Å². The number of rotatable bonds is 3. The van der Waals surface area contributed by atoms with Crippen molar-refractivity contribution < 1.29 is 4.74 Å². The first-order valence-corrected chi connectivity index (χ1v) is 5.94. The maximum atomic E-state index is 4.89. The van der Waals surface area contributed by atoms with Crippen molar-refractivity contribution in [3.05, 3.63) is 23.3 Å². The molecule has 0 N–H and O–H groups in total. The van der Waals surface area contributed by atoms with Crippen LogP contribution < -0.4 is 0 Å². The van der Waals surface area contributed by atoms with Crippen LogP contribution in [0.5, 0.6) is 0 Å². The summed E-state index contributed by atoms with van der Waals surface area (Å²) in [6.45, 7) is 13.7. The summed E-state index contributed by atoms with van der Waals surface area (Å²) in [6, 6.07) is 0. The fourth-order valence-corrected chi connectivity index (χ4v) is 0.888. The van der Waals surface area contributed by atoms with Crippen molar-refractivity contribution in [2.75, 3.05) is 13.4 Å². The Labute approximate surface area is 88.3 Å². The van der Waals surface area contributed by atoms with Crippen LogP contribution in [-0.4, -0.2) is 13.4 Å². The molecule has 0 rings (SSSR count). The number of ether oxygens (including phenoxy) is 1. The predicted octanol–water partition coefficient (Wildman–Crippen LogP) is 4.47. The van der Waals surface area contributed by atoms with Gasteiger partial charge in [0.25, 0.3) is 0 Å². The molecule has 0 bridgehead atoms. The van der Waals surface area contributed by atoms with Gasteiger partial charge >= 0.3 is 0 Å². The molecule has 0 amide bonds. The topological polar surface area (TPSA) is 9.23 Å². The molecule has 0 saturated carbocycles. The van der Waals surface area contributed by atoms with Crippen LogP contribution >= 0.6 is 11.8 Å². The first-order valence-electron chi connectivity index (χ1n) is 4.65. The van der Waals surface area contributed by atoms with Gasteiger partial charge in [-0.15, -0.1) is 11.8 Å². The van der Waals surface area contributed by atoms with Crippen molar-refractivity contribution >= 4 is 11.8 Å². The molecule has 0 atom stereocenters. The van der Waals surface area contributed by atoms with E-state index in [1.807, 2.05) is 46.3 Å². The monoisotopic (exact) mass is 204 g/mol. The second-order valence-corrected chi connectivity index (χ2v) is 2.37. The third kappa shape index (κ3) is 14.5. The molecule has 0 aliphatic carbocycles. The lowest BCUT2D eigenvalue weighted by molar-refractivity contribution is 0.303. The van der Waals surface area contributed by atoms with Crippen LogP contribution in [0.15, 0.2) is 23.3 Å². The van der Waals surface area contributed by atoms with Gasteiger partial charge in [0.1, 0.15) is 5.76 Å². The highest BCUT2D eigenvalue weighted by Crippen LogP contribution is 2.10. The van der Waals surface area contributed by atoms with Crippen LogP contribution in [0.2, 0.25) is 0 Å². The fraction of sp³-hybridized carbons (Fsp3) is 0.636. The lowest BCUT2D eigenvalue weighted by Crippen LogP contribution is -1.84. The lowest BCUT2D eigenvalue weighted by Gasteiger charge is -2.01. The lowest BCUT2D eigenvalue weighted by atomic mass is 10.3. The Kier molecular flexibility index (Phi) is 25.0. The zero-order chi connectivity index (χ0) is 11.3. The summed E-state index contributed by atoms with van der Waals surface area (Å²) in [7, 11) is 1.62. The zero-order valence-corrected chi connectivity index (χ0v) is 10.9. The van der Waals surface area contributed by atoms with Crippen LogP contribution in [0.3, 0.4) is 0 Å². The Bertz CT molecular complexity index is 128. The summed E-state index contributed by atoms with van der Waals surface area (Å²) < 4.78 is 4.89.